The Labute approximate surface area is 209 Å². The summed E-state index contributed by atoms with van der Waals surface area (Å²) in [6, 6.07) is 16.4. The first kappa shape index (κ1) is 25.3. The fraction of sp³-hybridized carbons (Fsp3) is 0.483. The fourth-order valence-corrected chi connectivity index (χ4v) is 4.66. The molecule has 0 radical (unpaired) electrons. The van der Waals surface area contributed by atoms with Gasteiger partial charge in [-0.25, -0.2) is 4.98 Å². The Hall–Kier alpha value is -2.83. The molecule has 1 atom stereocenters. The van der Waals surface area contributed by atoms with Crippen LogP contribution >= 0.6 is 0 Å². The molecule has 1 aromatic heterocycles. The maximum atomic E-state index is 11.1. The van der Waals surface area contributed by atoms with E-state index < -0.39 is 5.60 Å². The summed E-state index contributed by atoms with van der Waals surface area (Å²) in [7, 11) is 0. The number of likely N-dealkylation sites (tertiary alicyclic amines) is 1. The topological polar surface area (TPSA) is 59.8 Å². The quantitative estimate of drug-likeness (QED) is 0.393. The summed E-state index contributed by atoms with van der Waals surface area (Å²) in [4.78, 5) is 6.80. The average molecular weight is 478 g/mol. The van der Waals surface area contributed by atoms with E-state index in [1.165, 1.54) is 11.1 Å². The molecule has 1 aliphatic heterocycles. The molecule has 1 N–H and O–H groups in total. The fourth-order valence-electron chi connectivity index (χ4n) is 4.66. The molecule has 0 aliphatic carbocycles. The summed E-state index contributed by atoms with van der Waals surface area (Å²) in [5, 5.41) is 11.1. The van der Waals surface area contributed by atoms with Crippen molar-refractivity contribution in [3.8, 4) is 11.5 Å². The van der Waals surface area contributed by atoms with E-state index in [-0.39, 0.29) is 0 Å². The molecule has 0 saturated carbocycles. The zero-order valence-electron chi connectivity index (χ0n) is 21.2. The second-order valence-corrected chi connectivity index (χ2v) is 9.70. The number of aliphatic hydroxyl groups is 1. The summed E-state index contributed by atoms with van der Waals surface area (Å²) in [6.07, 6.45) is 8.23. The first-order valence-corrected chi connectivity index (χ1v) is 12.9. The first-order chi connectivity index (χ1) is 17.0. The van der Waals surface area contributed by atoms with Gasteiger partial charge in [-0.05, 0) is 69.0 Å². The first-order valence-electron chi connectivity index (χ1n) is 12.9. The molecule has 0 spiro atoms. The van der Waals surface area contributed by atoms with Gasteiger partial charge in [0, 0.05) is 38.4 Å². The van der Waals surface area contributed by atoms with Crippen LogP contribution in [0.15, 0.2) is 60.9 Å². The molecular formula is C29H39N3O3. The van der Waals surface area contributed by atoms with E-state index in [1.807, 2.05) is 42.7 Å². The molecule has 3 aromatic rings. The zero-order chi connectivity index (χ0) is 24.5. The van der Waals surface area contributed by atoms with Crippen LogP contribution in [0, 0.1) is 6.92 Å². The van der Waals surface area contributed by atoms with Crippen molar-refractivity contribution in [2.75, 3.05) is 26.3 Å². The summed E-state index contributed by atoms with van der Waals surface area (Å²) < 4.78 is 14.2. The van der Waals surface area contributed by atoms with Gasteiger partial charge in [-0.1, -0.05) is 36.8 Å². The highest BCUT2D eigenvalue weighted by Gasteiger charge is 2.31. The van der Waals surface area contributed by atoms with Gasteiger partial charge in [-0.2, -0.15) is 0 Å². The number of aromatic nitrogens is 2. The summed E-state index contributed by atoms with van der Waals surface area (Å²) in [5.74, 6) is 2.86. The minimum Gasteiger partial charge on any atom is -0.494 e. The predicted octanol–water partition coefficient (Wildman–Crippen LogP) is 5.02. The highest BCUT2D eigenvalue weighted by Crippen LogP contribution is 2.25. The van der Waals surface area contributed by atoms with Crippen molar-refractivity contribution in [1.82, 2.24) is 14.5 Å². The molecule has 35 heavy (non-hydrogen) atoms. The lowest BCUT2D eigenvalue weighted by atomic mass is 9.96. The molecule has 2 heterocycles. The van der Waals surface area contributed by atoms with Crippen LogP contribution in [0.4, 0.5) is 0 Å². The molecule has 188 valence electrons. The van der Waals surface area contributed by atoms with Crippen LogP contribution in [0.25, 0.3) is 0 Å². The van der Waals surface area contributed by atoms with E-state index in [9.17, 15) is 5.11 Å². The van der Waals surface area contributed by atoms with E-state index in [0.717, 1.165) is 69.2 Å². The van der Waals surface area contributed by atoms with Gasteiger partial charge in [-0.3, -0.25) is 4.90 Å². The van der Waals surface area contributed by atoms with Crippen LogP contribution in [0.3, 0.4) is 0 Å². The van der Waals surface area contributed by atoms with Gasteiger partial charge in [0.25, 0.3) is 0 Å². The minimum absolute atomic E-state index is 0.339. The number of ether oxygens (including phenoxy) is 2. The Morgan fingerprint density at radius 1 is 1.03 bits per heavy atom. The van der Waals surface area contributed by atoms with Gasteiger partial charge >= 0.3 is 0 Å². The van der Waals surface area contributed by atoms with E-state index >= 15 is 0 Å². The largest absolute Gasteiger partial charge is 0.494 e. The zero-order valence-corrected chi connectivity index (χ0v) is 21.2. The number of hydrogen-bond donors (Lipinski definition) is 1. The molecular weight excluding hydrogens is 438 g/mol. The molecule has 4 rings (SSSR count). The lowest BCUT2D eigenvalue weighted by Crippen LogP contribution is -2.37. The number of hydrogen-bond acceptors (Lipinski definition) is 5. The van der Waals surface area contributed by atoms with Crippen molar-refractivity contribution in [2.45, 2.75) is 64.6 Å². The second kappa shape index (κ2) is 12.2. The SMILES string of the molecule is CCc1nccn1CCCOc1cccc(CN2CCC[C@@](O)(COc3ccc(C)cc3)CC2)c1. The van der Waals surface area contributed by atoms with Crippen LogP contribution in [0.2, 0.25) is 0 Å². The third kappa shape index (κ3) is 7.58. The maximum absolute atomic E-state index is 11.1. The van der Waals surface area contributed by atoms with Crippen molar-refractivity contribution in [3.05, 3.63) is 77.9 Å². The Kier molecular flexibility index (Phi) is 8.83. The number of nitrogens with zero attached hydrogens (tertiary/aromatic N) is 3. The molecule has 1 fully saturated rings. The van der Waals surface area contributed by atoms with Gasteiger partial charge < -0.3 is 19.1 Å². The lowest BCUT2D eigenvalue weighted by molar-refractivity contribution is -0.0168. The average Bonchev–Trinajstić information content (AvgIpc) is 3.24. The summed E-state index contributed by atoms with van der Waals surface area (Å²) >= 11 is 0. The third-order valence-electron chi connectivity index (χ3n) is 6.77. The molecule has 0 amide bonds. The van der Waals surface area contributed by atoms with Gasteiger partial charge in [-0.15, -0.1) is 0 Å². The van der Waals surface area contributed by atoms with Crippen molar-refractivity contribution >= 4 is 0 Å². The van der Waals surface area contributed by atoms with Gasteiger partial charge in [0.05, 0.1) is 12.2 Å². The molecule has 6 nitrogen and oxygen atoms in total. The predicted molar refractivity (Wildman–Crippen MR) is 139 cm³/mol. The van der Waals surface area contributed by atoms with Gasteiger partial charge in [0.15, 0.2) is 0 Å². The second-order valence-electron chi connectivity index (χ2n) is 9.70. The number of benzene rings is 2. The minimum atomic E-state index is -0.780. The molecule has 0 bridgehead atoms. The van der Waals surface area contributed by atoms with Crippen molar-refractivity contribution < 1.29 is 14.6 Å². The molecule has 0 unspecified atom stereocenters. The Morgan fingerprint density at radius 2 is 1.89 bits per heavy atom. The van der Waals surface area contributed by atoms with Crippen LogP contribution in [0.1, 0.15) is 49.6 Å². The monoisotopic (exact) mass is 477 g/mol. The maximum Gasteiger partial charge on any atom is 0.119 e. The lowest BCUT2D eigenvalue weighted by Gasteiger charge is -2.27. The molecule has 1 aliphatic rings. The van der Waals surface area contributed by atoms with Crippen molar-refractivity contribution in [2.24, 2.45) is 0 Å². The number of imidazole rings is 1. The Balaban J connectivity index is 1.22. The van der Waals surface area contributed by atoms with Crippen LogP contribution in [-0.2, 0) is 19.5 Å². The van der Waals surface area contributed by atoms with E-state index in [2.05, 4.69) is 46.5 Å². The normalized spacial score (nSPS) is 18.8. The number of rotatable bonds is 11. The molecule has 1 saturated heterocycles. The molecule has 6 heteroatoms. The van der Waals surface area contributed by atoms with Crippen molar-refractivity contribution in [3.63, 3.8) is 0 Å². The summed E-state index contributed by atoms with van der Waals surface area (Å²) in [5.41, 5.74) is 1.67. The smallest absolute Gasteiger partial charge is 0.119 e. The van der Waals surface area contributed by atoms with Crippen LogP contribution < -0.4 is 9.47 Å². The van der Waals surface area contributed by atoms with Gasteiger partial charge in [0.2, 0.25) is 0 Å². The van der Waals surface area contributed by atoms with Crippen LogP contribution in [-0.4, -0.2) is 51.5 Å². The highest BCUT2D eigenvalue weighted by molar-refractivity contribution is 5.28. The van der Waals surface area contributed by atoms with Gasteiger partial charge in [0.1, 0.15) is 23.9 Å². The Bertz CT molecular complexity index is 1050. The third-order valence-corrected chi connectivity index (χ3v) is 6.77. The standard InChI is InChI=1S/C29H39N3O3/c1-3-28-30-15-19-32(28)17-6-20-34-27-8-4-7-25(21-27)22-31-16-5-13-29(33,14-18-31)23-35-26-11-9-24(2)10-12-26/h4,7-12,15,19,21,33H,3,5-6,13-14,16-18,20,22-23H2,1-2H3/t29-/m0/s1. The van der Waals surface area contributed by atoms with E-state index in [4.69, 9.17) is 9.47 Å². The molecule has 2 aromatic carbocycles. The summed E-state index contributed by atoms with van der Waals surface area (Å²) in [6.45, 7) is 8.82. The van der Waals surface area contributed by atoms with E-state index in [1.54, 1.807) is 0 Å². The van der Waals surface area contributed by atoms with Crippen LogP contribution in [0.5, 0.6) is 11.5 Å². The number of aryl methyl sites for hydroxylation is 3. The van der Waals surface area contributed by atoms with E-state index in [0.29, 0.717) is 19.6 Å². The van der Waals surface area contributed by atoms with Crippen molar-refractivity contribution in [1.29, 1.82) is 0 Å². The Morgan fingerprint density at radius 3 is 2.71 bits per heavy atom. The highest BCUT2D eigenvalue weighted by atomic mass is 16.5.